The quantitative estimate of drug-likeness (QED) is 0.447. The number of nitrogens with zero attached hydrogens (tertiary/aromatic N) is 2. The Labute approximate surface area is 126 Å². The fraction of sp³-hybridized carbons (Fsp3) is 0.0625. The lowest BCUT2D eigenvalue weighted by atomic mass is 10.2. The summed E-state index contributed by atoms with van der Waals surface area (Å²) in [7, 11) is 0. The highest BCUT2D eigenvalue weighted by molar-refractivity contribution is 7.99. The average molecular weight is 296 g/mol. The van der Waals surface area contributed by atoms with Crippen LogP contribution in [0.4, 0.5) is 0 Å². The number of hydrogen-bond acceptors (Lipinski definition) is 3. The molecule has 0 saturated carbocycles. The molecule has 3 aromatic rings. The summed E-state index contributed by atoms with van der Waals surface area (Å²) in [5.41, 5.74) is 1.72. The van der Waals surface area contributed by atoms with Crippen LogP contribution in [0.25, 0.3) is 5.69 Å². The minimum Gasteiger partial charge on any atom is -0.293 e. The monoisotopic (exact) mass is 296 g/mol. The van der Waals surface area contributed by atoms with Crippen molar-refractivity contribution in [2.24, 2.45) is 0 Å². The Kier molecular flexibility index (Phi) is 4.12. The van der Waals surface area contributed by atoms with Crippen LogP contribution in [0.5, 0.6) is 0 Å². The lowest BCUT2D eigenvalue weighted by molar-refractivity contribution is -0.694. The Morgan fingerprint density at radius 1 is 1.05 bits per heavy atom. The number of aromatic nitrogens is 3. The van der Waals surface area contributed by atoms with Gasteiger partial charge in [0, 0.05) is 5.56 Å². The van der Waals surface area contributed by atoms with Crippen molar-refractivity contribution in [3.05, 3.63) is 72.6 Å². The van der Waals surface area contributed by atoms with Crippen molar-refractivity contribution in [1.29, 1.82) is 0 Å². The third kappa shape index (κ3) is 3.20. The second-order valence-electron chi connectivity index (χ2n) is 4.42. The van der Waals surface area contributed by atoms with Gasteiger partial charge >= 0.3 is 5.16 Å². The number of rotatable bonds is 5. The first-order chi connectivity index (χ1) is 10.3. The summed E-state index contributed by atoms with van der Waals surface area (Å²) in [5.74, 6) is 0.463. The molecule has 0 aliphatic heterocycles. The van der Waals surface area contributed by atoms with Crippen molar-refractivity contribution in [2.45, 2.75) is 5.16 Å². The van der Waals surface area contributed by atoms with E-state index in [4.69, 9.17) is 0 Å². The highest BCUT2D eigenvalue weighted by Gasteiger charge is 2.18. The zero-order valence-electron chi connectivity index (χ0n) is 11.3. The summed E-state index contributed by atoms with van der Waals surface area (Å²) in [6, 6.07) is 19.2. The van der Waals surface area contributed by atoms with E-state index in [1.54, 1.807) is 6.33 Å². The molecule has 0 unspecified atom stereocenters. The number of benzene rings is 2. The van der Waals surface area contributed by atoms with Crippen LogP contribution in [-0.2, 0) is 0 Å². The van der Waals surface area contributed by atoms with Crippen molar-refractivity contribution in [3.63, 3.8) is 0 Å². The van der Waals surface area contributed by atoms with Crippen molar-refractivity contribution in [1.82, 2.24) is 10.1 Å². The van der Waals surface area contributed by atoms with Gasteiger partial charge in [-0.3, -0.25) is 4.79 Å². The molecule has 0 saturated heterocycles. The molecule has 0 amide bonds. The molecule has 0 bridgehead atoms. The van der Waals surface area contributed by atoms with Crippen molar-refractivity contribution >= 4 is 17.5 Å². The summed E-state index contributed by atoms with van der Waals surface area (Å²) in [6.45, 7) is 0. The maximum Gasteiger partial charge on any atom is 0.385 e. The zero-order chi connectivity index (χ0) is 14.5. The predicted octanol–water partition coefficient (Wildman–Crippen LogP) is 2.66. The summed E-state index contributed by atoms with van der Waals surface area (Å²) in [4.78, 5) is 16.4. The summed E-state index contributed by atoms with van der Waals surface area (Å²) < 4.78 is 1.86. The largest absolute Gasteiger partial charge is 0.385 e. The molecule has 0 fully saturated rings. The van der Waals surface area contributed by atoms with E-state index in [-0.39, 0.29) is 5.78 Å². The van der Waals surface area contributed by atoms with Gasteiger partial charge in [-0.2, -0.15) is 5.10 Å². The van der Waals surface area contributed by atoms with E-state index in [0.717, 1.165) is 16.4 Å². The van der Waals surface area contributed by atoms with Gasteiger partial charge in [0.1, 0.15) is 0 Å². The van der Waals surface area contributed by atoms with Gasteiger partial charge in [-0.05, 0) is 28.9 Å². The van der Waals surface area contributed by atoms with E-state index in [2.05, 4.69) is 10.1 Å². The van der Waals surface area contributed by atoms with Crippen LogP contribution in [0.15, 0.2) is 72.1 Å². The lowest BCUT2D eigenvalue weighted by Gasteiger charge is -1.99. The predicted molar refractivity (Wildman–Crippen MR) is 81.6 cm³/mol. The van der Waals surface area contributed by atoms with Gasteiger partial charge in [-0.15, -0.1) is 4.68 Å². The molecule has 104 valence electrons. The fourth-order valence-electron chi connectivity index (χ4n) is 1.96. The Morgan fingerprint density at radius 2 is 1.71 bits per heavy atom. The van der Waals surface area contributed by atoms with Crippen LogP contribution in [-0.4, -0.2) is 21.6 Å². The standard InChI is InChI=1S/C16H13N3OS/c20-15(13-7-3-1-4-8-13)11-21-16-17-12-18-19(16)14-9-5-2-6-10-14/h1-10,12H,11H2/p+1. The molecule has 0 radical (unpaired) electrons. The minimum absolute atomic E-state index is 0.100. The van der Waals surface area contributed by atoms with E-state index in [1.165, 1.54) is 11.8 Å². The number of nitrogens with one attached hydrogen (secondary N) is 1. The van der Waals surface area contributed by atoms with E-state index in [0.29, 0.717) is 5.75 Å². The van der Waals surface area contributed by atoms with Gasteiger partial charge in [0.15, 0.2) is 11.5 Å². The first-order valence-electron chi connectivity index (χ1n) is 6.56. The molecule has 5 heteroatoms. The number of hydrogen-bond donors (Lipinski definition) is 1. The molecule has 0 atom stereocenters. The van der Waals surface area contributed by atoms with E-state index >= 15 is 0 Å². The SMILES string of the molecule is O=C(CSc1nc[nH][n+]1-c1ccccc1)c1ccccc1. The number of thioether (sulfide) groups is 1. The third-order valence-electron chi connectivity index (χ3n) is 3.00. The molecule has 1 heterocycles. The van der Waals surface area contributed by atoms with Gasteiger partial charge in [-0.1, -0.05) is 48.5 Å². The van der Waals surface area contributed by atoms with Crippen LogP contribution in [0, 0.1) is 0 Å². The highest BCUT2D eigenvalue weighted by Crippen LogP contribution is 2.14. The molecule has 2 aromatic carbocycles. The van der Waals surface area contributed by atoms with Crippen molar-refractivity contribution < 1.29 is 9.48 Å². The molecule has 1 aromatic heterocycles. The summed E-state index contributed by atoms with van der Waals surface area (Å²) in [5, 5.41) is 3.83. The van der Waals surface area contributed by atoms with Gasteiger partial charge in [0.25, 0.3) is 0 Å². The molecular formula is C16H14N3OS+. The topological polar surface area (TPSA) is 49.6 Å². The first kappa shape index (κ1) is 13.6. The number of carbonyl (C=O) groups excluding carboxylic acids is 1. The molecule has 0 aliphatic rings. The molecule has 1 N–H and O–H groups in total. The van der Waals surface area contributed by atoms with Gasteiger partial charge in [0.2, 0.25) is 6.33 Å². The number of H-pyrrole nitrogens is 1. The Morgan fingerprint density at radius 3 is 2.43 bits per heavy atom. The van der Waals surface area contributed by atoms with Crippen LogP contribution >= 0.6 is 11.8 Å². The van der Waals surface area contributed by atoms with Crippen LogP contribution < -0.4 is 4.68 Å². The molecule has 3 rings (SSSR count). The average Bonchev–Trinajstić information content (AvgIpc) is 3.03. The first-order valence-corrected chi connectivity index (χ1v) is 7.55. The third-order valence-corrected chi connectivity index (χ3v) is 3.95. The second kappa shape index (κ2) is 6.37. The second-order valence-corrected chi connectivity index (χ2v) is 5.36. The number of Topliss-reactive ketones (excluding diaryl/α,β-unsaturated/α-hetero) is 1. The van der Waals surface area contributed by atoms with Gasteiger partial charge < -0.3 is 0 Å². The highest BCUT2D eigenvalue weighted by atomic mass is 32.2. The van der Waals surface area contributed by atoms with Crippen LogP contribution in [0.1, 0.15) is 10.4 Å². The van der Waals surface area contributed by atoms with Crippen molar-refractivity contribution in [2.75, 3.05) is 5.75 Å². The lowest BCUT2D eigenvalue weighted by Crippen LogP contribution is -2.34. The fourth-order valence-corrected chi connectivity index (χ4v) is 2.80. The Balaban J connectivity index is 1.73. The van der Waals surface area contributed by atoms with Crippen LogP contribution in [0.2, 0.25) is 0 Å². The summed E-state index contributed by atoms with van der Waals surface area (Å²) in [6.07, 6.45) is 1.63. The van der Waals surface area contributed by atoms with Gasteiger partial charge in [0.05, 0.1) is 5.75 Å². The molecular weight excluding hydrogens is 282 g/mol. The number of aromatic amines is 1. The molecule has 0 aliphatic carbocycles. The molecule has 4 nitrogen and oxygen atoms in total. The number of ketones is 1. The van der Waals surface area contributed by atoms with E-state index in [1.807, 2.05) is 65.3 Å². The Hall–Kier alpha value is -2.40. The Bertz CT molecular complexity index is 726. The zero-order valence-corrected chi connectivity index (χ0v) is 12.1. The van der Waals surface area contributed by atoms with Crippen molar-refractivity contribution in [3.8, 4) is 5.69 Å². The van der Waals surface area contributed by atoms with Crippen LogP contribution in [0.3, 0.4) is 0 Å². The maximum atomic E-state index is 12.1. The normalized spacial score (nSPS) is 10.5. The van der Waals surface area contributed by atoms with E-state index < -0.39 is 0 Å². The number of carbonyl (C=O) groups is 1. The minimum atomic E-state index is 0.100. The summed E-state index contributed by atoms with van der Waals surface area (Å²) >= 11 is 1.42. The number of para-hydroxylation sites is 1. The smallest absolute Gasteiger partial charge is 0.293 e. The van der Waals surface area contributed by atoms with Gasteiger partial charge in [-0.25, -0.2) is 0 Å². The molecule has 0 spiro atoms. The van der Waals surface area contributed by atoms with E-state index in [9.17, 15) is 4.79 Å². The molecule has 21 heavy (non-hydrogen) atoms. The maximum absolute atomic E-state index is 12.1.